The number of ether oxygens (including phenoxy) is 3. The molecule has 0 bridgehead atoms. The molecule has 6 nitrogen and oxygen atoms in total. The number of aryl methyl sites for hydroxylation is 1. The van der Waals surface area contributed by atoms with E-state index in [0.29, 0.717) is 6.42 Å². The highest BCUT2D eigenvalue weighted by molar-refractivity contribution is 5.77. The van der Waals surface area contributed by atoms with Crippen molar-refractivity contribution in [1.29, 1.82) is 0 Å². The van der Waals surface area contributed by atoms with Crippen LogP contribution in [0.25, 0.3) is 0 Å². The summed E-state index contributed by atoms with van der Waals surface area (Å²) in [4.78, 5) is 23.7. The van der Waals surface area contributed by atoms with Gasteiger partial charge in [0.2, 0.25) is 0 Å². The maximum absolute atomic E-state index is 12.1. The molecular formula is C19H26O6. The maximum Gasteiger partial charge on any atom is 0.508 e. The highest BCUT2D eigenvalue weighted by atomic mass is 16.7. The highest BCUT2D eigenvalue weighted by Gasteiger charge is 2.36. The zero-order valence-electron chi connectivity index (χ0n) is 15.0. The van der Waals surface area contributed by atoms with Crippen LogP contribution in [0.15, 0.2) is 36.4 Å². The monoisotopic (exact) mass is 350 g/mol. The third kappa shape index (κ3) is 7.39. The van der Waals surface area contributed by atoms with Gasteiger partial charge in [0, 0.05) is 6.42 Å². The number of aliphatic hydroxyl groups is 1. The summed E-state index contributed by atoms with van der Waals surface area (Å²) in [6, 6.07) is 7.51. The second-order valence-corrected chi connectivity index (χ2v) is 6.37. The van der Waals surface area contributed by atoms with E-state index in [1.807, 2.05) is 38.1 Å². The van der Waals surface area contributed by atoms with E-state index in [2.05, 4.69) is 6.58 Å². The van der Waals surface area contributed by atoms with E-state index in [1.165, 1.54) is 6.92 Å². The predicted octanol–water partition coefficient (Wildman–Crippen LogP) is 3.16. The number of esters is 1. The molecule has 0 saturated carbocycles. The molecule has 0 aliphatic rings. The van der Waals surface area contributed by atoms with E-state index in [1.54, 1.807) is 0 Å². The Bertz CT molecular complexity index is 592. The zero-order chi connectivity index (χ0) is 18.9. The lowest BCUT2D eigenvalue weighted by atomic mass is 9.93. The molecule has 138 valence electrons. The van der Waals surface area contributed by atoms with Crippen LogP contribution in [0.5, 0.6) is 0 Å². The normalized spacial score (nSPS) is 12.8. The van der Waals surface area contributed by atoms with Gasteiger partial charge in [0.05, 0.1) is 13.2 Å². The molecule has 0 aliphatic heterocycles. The summed E-state index contributed by atoms with van der Waals surface area (Å²) in [5, 5.41) is 9.46. The minimum Gasteiger partial charge on any atom is -0.465 e. The van der Waals surface area contributed by atoms with E-state index < -0.39 is 24.1 Å². The molecule has 1 aromatic carbocycles. The van der Waals surface area contributed by atoms with Gasteiger partial charge in [0.15, 0.2) is 0 Å². The van der Waals surface area contributed by atoms with Crippen LogP contribution in [0.1, 0.15) is 31.4 Å². The lowest BCUT2D eigenvalue weighted by Gasteiger charge is -2.24. The summed E-state index contributed by atoms with van der Waals surface area (Å²) in [5.41, 5.74) is 1.48. The molecule has 1 atom stereocenters. The van der Waals surface area contributed by atoms with E-state index in [4.69, 9.17) is 14.2 Å². The smallest absolute Gasteiger partial charge is 0.465 e. The second-order valence-electron chi connectivity index (χ2n) is 6.37. The lowest BCUT2D eigenvalue weighted by Crippen LogP contribution is -2.39. The highest BCUT2D eigenvalue weighted by Crippen LogP contribution is 2.19. The van der Waals surface area contributed by atoms with Crippen LogP contribution in [0, 0.1) is 12.3 Å². The summed E-state index contributed by atoms with van der Waals surface area (Å²) in [6.45, 7) is 8.36. The zero-order valence-corrected chi connectivity index (χ0v) is 15.0. The van der Waals surface area contributed by atoms with Gasteiger partial charge in [-0.25, -0.2) is 4.79 Å². The molecule has 0 fully saturated rings. The quantitative estimate of drug-likeness (QED) is 0.544. The number of aliphatic hydroxyl groups excluding tert-OH is 1. The van der Waals surface area contributed by atoms with E-state index in [0.717, 1.165) is 16.7 Å². The van der Waals surface area contributed by atoms with Crippen LogP contribution >= 0.6 is 0 Å². The van der Waals surface area contributed by atoms with Crippen LogP contribution in [0.2, 0.25) is 0 Å². The minimum absolute atomic E-state index is 0.0675. The molecule has 0 saturated heterocycles. The Morgan fingerprint density at radius 1 is 1.16 bits per heavy atom. The van der Waals surface area contributed by atoms with Crippen molar-refractivity contribution in [3.8, 4) is 0 Å². The second kappa shape index (κ2) is 9.84. The van der Waals surface area contributed by atoms with Crippen LogP contribution in [-0.4, -0.2) is 37.1 Å². The molecule has 25 heavy (non-hydrogen) atoms. The predicted molar refractivity (Wildman–Crippen MR) is 92.9 cm³/mol. The number of carbonyl (C=O) groups is 2. The third-order valence-corrected chi connectivity index (χ3v) is 3.59. The Hall–Kier alpha value is -2.34. The molecule has 0 aliphatic carbocycles. The first-order valence-corrected chi connectivity index (χ1v) is 8.04. The van der Waals surface area contributed by atoms with Gasteiger partial charge in [-0.2, -0.15) is 0 Å². The molecule has 1 N–H and O–H groups in total. The van der Waals surface area contributed by atoms with E-state index in [-0.39, 0.29) is 19.8 Å². The summed E-state index contributed by atoms with van der Waals surface area (Å²) in [6.07, 6.45) is -0.373. The molecule has 0 amide bonds. The molecule has 0 spiro atoms. The Morgan fingerprint density at radius 3 is 2.36 bits per heavy atom. The van der Waals surface area contributed by atoms with Gasteiger partial charge in [0.1, 0.15) is 18.6 Å². The SMILES string of the molecule is C=C(C)CCOC(=O)C(C)(CO)COC(=O)OCc1ccc(C)cc1. The van der Waals surface area contributed by atoms with Crippen molar-refractivity contribution in [3.05, 3.63) is 47.5 Å². The van der Waals surface area contributed by atoms with Crippen LogP contribution in [-0.2, 0) is 25.6 Å². The topological polar surface area (TPSA) is 82.1 Å². The van der Waals surface area contributed by atoms with Crippen molar-refractivity contribution in [2.45, 2.75) is 33.8 Å². The Labute approximate surface area is 148 Å². The molecule has 0 radical (unpaired) electrons. The Morgan fingerprint density at radius 2 is 1.80 bits per heavy atom. The summed E-state index contributed by atoms with van der Waals surface area (Å²) in [5.74, 6) is -0.636. The van der Waals surface area contributed by atoms with Gasteiger partial charge in [-0.05, 0) is 26.3 Å². The Kier molecular flexibility index (Phi) is 8.15. The van der Waals surface area contributed by atoms with E-state index in [9.17, 15) is 14.7 Å². The van der Waals surface area contributed by atoms with Gasteiger partial charge >= 0.3 is 12.1 Å². The molecular weight excluding hydrogens is 324 g/mol. The molecule has 1 unspecified atom stereocenters. The van der Waals surface area contributed by atoms with Gasteiger partial charge in [0.25, 0.3) is 0 Å². The fraction of sp³-hybridized carbons (Fsp3) is 0.474. The molecule has 0 aromatic heterocycles. The first-order valence-electron chi connectivity index (χ1n) is 8.04. The summed E-state index contributed by atoms with van der Waals surface area (Å²) >= 11 is 0. The number of benzene rings is 1. The minimum atomic E-state index is -1.34. The van der Waals surface area contributed by atoms with Crippen molar-refractivity contribution in [2.75, 3.05) is 19.8 Å². The standard InChI is InChI=1S/C19H26O6/c1-14(2)9-10-23-17(21)19(4,12-20)13-25-18(22)24-11-16-7-5-15(3)6-8-16/h5-8,20H,1,9-13H2,2-4H3. The number of hydrogen-bond donors (Lipinski definition) is 1. The maximum atomic E-state index is 12.1. The Balaban J connectivity index is 2.43. The first-order chi connectivity index (χ1) is 11.8. The molecule has 6 heteroatoms. The van der Waals surface area contributed by atoms with Gasteiger partial charge in [-0.3, -0.25) is 4.79 Å². The average molecular weight is 350 g/mol. The largest absolute Gasteiger partial charge is 0.508 e. The van der Waals surface area contributed by atoms with Crippen molar-refractivity contribution < 1.29 is 28.9 Å². The molecule has 1 rings (SSSR count). The lowest BCUT2D eigenvalue weighted by molar-refractivity contribution is -0.160. The van der Waals surface area contributed by atoms with Crippen LogP contribution in [0.4, 0.5) is 4.79 Å². The van der Waals surface area contributed by atoms with Crippen LogP contribution in [0.3, 0.4) is 0 Å². The van der Waals surface area contributed by atoms with Gasteiger partial charge < -0.3 is 19.3 Å². The number of carbonyl (C=O) groups excluding carboxylic acids is 2. The van der Waals surface area contributed by atoms with Crippen molar-refractivity contribution in [1.82, 2.24) is 0 Å². The summed E-state index contributed by atoms with van der Waals surface area (Å²) in [7, 11) is 0. The fourth-order valence-electron chi connectivity index (χ4n) is 1.75. The van der Waals surface area contributed by atoms with E-state index >= 15 is 0 Å². The summed E-state index contributed by atoms with van der Waals surface area (Å²) < 4.78 is 15.0. The van der Waals surface area contributed by atoms with Crippen molar-refractivity contribution in [2.24, 2.45) is 5.41 Å². The number of rotatable bonds is 9. The fourth-order valence-corrected chi connectivity index (χ4v) is 1.75. The number of hydrogen-bond acceptors (Lipinski definition) is 6. The van der Waals surface area contributed by atoms with Crippen LogP contribution < -0.4 is 0 Å². The molecule has 0 heterocycles. The van der Waals surface area contributed by atoms with Gasteiger partial charge in [-0.15, -0.1) is 6.58 Å². The first kappa shape index (κ1) is 20.7. The molecule has 1 aromatic rings. The van der Waals surface area contributed by atoms with Crippen molar-refractivity contribution in [3.63, 3.8) is 0 Å². The van der Waals surface area contributed by atoms with Gasteiger partial charge in [-0.1, -0.05) is 35.4 Å². The van der Waals surface area contributed by atoms with Crippen molar-refractivity contribution >= 4 is 12.1 Å². The average Bonchev–Trinajstić information content (AvgIpc) is 2.58. The third-order valence-electron chi connectivity index (χ3n) is 3.59.